The number of halogens is 1. The lowest BCUT2D eigenvalue weighted by molar-refractivity contribution is 0.361. The molecule has 0 aliphatic heterocycles. The Labute approximate surface area is 96.0 Å². The molecule has 1 aromatic rings. The Kier molecular flexibility index (Phi) is 3.91. The molecule has 1 aromatic carbocycles. The largest absolute Gasteiger partial charge is 0.271 e. The molecule has 2 nitrogen and oxygen atoms in total. The Morgan fingerprint density at radius 2 is 1.88 bits per heavy atom. The van der Waals surface area contributed by atoms with Gasteiger partial charge in [-0.1, -0.05) is 25.0 Å². The van der Waals surface area contributed by atoms with Gasteiger partial charge in [0.2, 0.25) is 0 Å². The molecule has 1 atom stereocenters. The Balaban J connectivity index is 1.97. The van der Waals surface area contributed by atoms with Crippen molar-refractivity contribution in [2.75, 3.05) is 0 Å². The second-order valence-corrected chi connectivity index (χ2v) is 4.65. The van der Waals surface area contributed by atoms with Crippen molar-refractivity contribution in [3.05, 3.63) is 35.6 Å². The van der Waals surface area contributed by atoms with Crippen LogP contribution < -0.4 is 11.3 Å². The standard InChI is InChI=1S/C13H19FN2/c14-12-7-5-10(6-8-12)9-13(16-15)11-3-1-2-4-11/h5-8,11,13,16H,1-4,9,15H2. The molecular weight excluding hydrogens is 203 g/mol. The number of nitrogens with one attached hydrogen (secondary N) is 1. The molecule has 1 aliphatic rings. The molecular formula is C13H19FN2. The zero-order valence-corrected chi connectivity index (χ0v) is 9.45. The maximum Gasteiger partial charge on any atom is 0.123 e. The molecule has 1 unspecified atom stereocenters. The highest BCUT2D eigenvalue weighted by Gasteiger charge is 2.24. The van der Waals surface area contributed by atoms with Crippen LogP contribution in [-0.2, 0) is 6.42 Å². The molecule has 3 heteroatoms. The maximum atomic E-state index is 12.8. The lowest BCUT2D eigenvalue weighted by atomic mass is 9.93. The molecule has 2 rings (SSSR count). The molecule has 1 aliphatic carbocycles. The van der Waals surface area contributed by atoms with Crippen molar-refractivity contribution in [1.29, 1.82) is 0 Å². The van der Waals surface area contributed by atoms with Crippen LogP contribution in [-0.4, -0.2) is 6.04 Å². The molecule has 16 heavy (non-hydrogen) atoms. The highest BCUT2D eigenvalue weighted by Crippen LogP contribution is 2.28. The fourth-order valence-electron chi connectivity index (χ4n) is 2.60. The quantitative estimate of drug-likeness (QED) is 0.606. The normalized spacial score (nSPS) is 18.9. The number of rotatable bonds is 4. The summed E-state index contributed by atoms with van der Waals surface area (Å²) < 4.78 is 12.8. The van der Waals surface area contributed by atoms with Crippen molar-refractivity contribution in [2.45, 2.75) is 38.1 Å². The first-order chi connectivity index (χ1) is 7.79. The molecule has 88 valence electrons. The smallest absolute Gasteiger partial charge is 0.123 e. The first-order valence-corrected chi connectivity index (χ1v) is 6.00. The third-order valence-electron chi connectivity index (χ3n) is 3.55. The predicted molar refractivity (Wildman–Crippen MR) is 63.2 cm³/mol. The summed E-state index contributed by atoms with van der Waals surface area (Å²) in [4.78, 5) is 0. The van der Waals surface area contributed by atoms with Crippen LogP contribution in [0.3, 0.4) is 0 Å². The van der Waals surface area contributed by atoms with Crippen LogP contribution in [0.5, 0.6) is 0 Å². The Morgan fingerprint density at radius 1 is 1.25 bits per heavy atom. The molecule has 1 saturated carbocycles. The Hall–Kier alpha value is -0.930. The van der Waals surface area contributed by atoms with Gasteiger partial charge in [0.1, 0.15) is 5.82 Å². The van der Waals surface area contributed by atoms with Gasteiger partial charge in [-0.25, -0.2) is 4.39 Å². The highest BCUT2D eigenvalue weighted by molar-refractivity contribution is 5.17. The van der Waals surface area contributed by atoms with E-state index in [1.807, 2.05) is 12.1 Å². The molecule has 0 amide bonds. The third kappa shape index (κ3) is 2.80. The number of nitrogens with two attached hydrogens (primary N) is 1. The lowest BCUT2D eigenvalue weighted by Crippen LogP contribution is -2.41. The first-order valence-electron chi connectivity index (χ1n) is 6.00. The monoisotopic (exact) mass is 222 g/mol. The summed E-state index contributed by atoms with van der Waals surface area (Å²) >= 11 is 0. The van der Waals surface area contributed by atoms with Crippen LogP contribution in [0.25, 0.3) is 0 Å². The fourth-order valence-corrected chi connectivity index (χ4v) is 2.60. The van der Waals surface area contributed by atoms with Crippen molar-refractivity contribution < 1.29 is 4.39 Å². The maximum absolute atomic E-state index is 12.8. The number of hydrazine groups is 1. The van der Waals surface area contributed by atoms with Gasteiger partial charge < -0.3 is 0 Å². The van der Waals surface area contributed by atoms with Gasteiger partial charge in [-0.2, -0.15) is 0 Å². The molecule has 0 bridgehead atoms. The summed E-state index contributed by atoms with van der Waals surface area (Å²) in [6.45, 7) is 0. The second kappa shape index (κ2) is 5.41. The predicted octanol–water partition coefficient (Wildman–Crippen LogP) is 2.39. The van der Waals surface area contributed by atoms with Gasteiger partial charge in [0.05, 0.1) is 0 Å². The van der Waals surface area contributed by atoms with Crippen molar-refractivity contribution in [2.24, 2.45) is 11.8 Å². The van der Waals surface area contributed by atoms with E-state index in [2.05, 4.69) is 5.43 Å². The second-order valence-electron chi connectivity index (χ2n) is 4.65. The van der Waals surface area contributed by atoms with Crippen LogP contribution >= 0.6 is 0 Å². The van der Waals surface area contributed by atoms with Crippen LogP contribution in [0.15, 0.2) is 24.3 Å². The summed E-state index contributed by atoms with van der Waals surface area (Å²) in [5.41, 5.74) is 4.06. The fraction of sp³-hybridized carbons (Fsp3) is 0.538. The average molecular weight is 222 g/mol. The van der Waals surface area contributed by atoms with Gasteiger partial charge in [-0.05, 0) is 42.9 Å². The van der Waals surface area contributed by atoms with E-state index in [9.17, 15) is 4.39 Å². The van der Waals surface area contributed by atoms with E-state index in [1.165, 1.54) is 37.8 Å². The van der Waals surface area contributed by atoms with E-state index >= 15 is 0 Å². The minimum Gasteiger partial charge on any atom is -0.271 e. The minimum atomic E-state index is -0.179. The topological polar surface area (TPSA) is 38.0 Å². The third-order valence-corrected chi connectivity index (χ3v) is 3.55. The summed E-state index contributed by atoms with van der Waals surface area (Å²) in [7, 11) is 0. The Bertz CT molecular complexity index is 317. The van der Waals surface area contributed by atoms with Crippen LogP contribution in [0.1, 0.15) is 31.2 Å². The molecule has 1 fully saturated rings. The number of benzene rings is 1. The van der Waals surface area contributed by atoms with E-state index in [1.54, 1.807) is 0 Å². The van der Waals surface area contributed by atoms with E-state index < -0.39 is 0 Å². The molecule has 0 aromatic heterocycles. The van der Waals surface area contributed by atoms with Gasteiger partial charge in [-0.15, -0.1) is 0 Å². The highest BCUT2D eigenvalue weighted by atomic mass is 19.1. The van der Waals surface area contributed by atoms with Gasteiger partial charge in [0.25, 0.3) is 0 Å². The molecule has 0 spiro atoms. The summed E-state index contributed by atoms with van der Waals surface area (Å²) in [5, 5.41) is 0. The van der Waals surface area contributed by atoms with Crippen molar-refractivity contribution >= 4 is 0 Å². The van der Waals surface area contributed by atoms with Crippen LogP contribution in [0.4, 0.5) is 4.39 Å². The summed E-state index contributed by atoms with van der Waals surface area (Å²) in [6, 6.07) is 7.03. The molecule has 0 saturated heterocycles. The average Bonchev–Trinajstić information content (AvgIpc) is 2.82. The summed E-state index contributed by atoms with van der Waals surface area (Å²) in [6.07, 6.45) is 6.03. The minimum absolute atomic E-state index is 0.179. The van der Waals surface area contributed by atoms with Crippen molar-refractivity contribution in [3.63, 3.8) is 0 Å². The van der Waals surface area contributed by atoms with Crippen molar-refractivity contribution in [1.82, 2.24) is 5.43 Å². The zero-order chi connectivity index (χ0) is 11.4. The first kappa shape index (κ1) is 11.6. The van der Waals surface area contributed by atoms with Gasteiger partial charge >= 0.3 is 0 Å². The molecule has 3 N–H and O–H groups in total. The van der Waals surface area contributed by atoms with Crippen LogP contribution in [0.2, 0.25) is 0 Å². The number of hydrogen-bond donors (Lipinski definition) is 2. The molecule has 0 radical (unpaired) electrons. The van der Waals surface area contributed by atoms with Gasteiger partial charge in [0, 0.05) is 6.04 Å². The van der Waals surface area contributed by atoms with E-state index in [-0.39, 0.29) is 5.82 Å². The number of hydrogen-bond acceptors (Lipinski definition) is 2. The Morgan fingerprint density at radius 3 is 2.44 bits per heavy atom. The van der Waals surface area contributed by atoms with Gasteiger partial charge in [0.15, 0.2) is 0 Å². The summed E-state index contributed by atoms with van der Waals surface area (Å²) in [5.74, 6) is 6.10. The zero-order valence-electron chi connectivity index (χ0n) is 9.45. The van der Waals surface area contributed by atoms with E-state index in [0.717, 1.165) is 12.0 Å². The van der Waals surface area contributed by atoms with Gasteiger partial charge in [-0.3, -0.25) is 11.3 Å². The van der Waals surface area contributed by atoms with Crippen LogP contribution in [0, 0.1) is 11.7 Å². The van der Waals surface area contributed by atoms with Crippen molar-refractivity contribution in [3.8, 4) is 0 Å². The lowest BCUT2D eigenvalue weighted by Gasteiger charge is -2.22. The SMILES string of the molecule is NNC(Cc1ccc(F)cc1)C1CCCC1. The van der Waals surface area contributed by atoms with E-state index in [4.69, 9.17) is 5.84 Å². The van der Waals surface area contributed by atoms with E-state index in [0.29, 0.717) is 12.0 Å². The molecule has 0 heterocycles.